The normalized spacial score (nSPS) is 18.1. The number of ether oxygens (including phenoxy) is 1. The quantitative estimate of drug-likeness (QED) is 0.749. The van der Waals surface area contributed by atoms with Crippen LogP contribution in [-0.4, -0.2) is 33.6 Å². The van der Waals surface area contributed by atoms with Crippen LogP contribution in [0.3, 0.4) is 0 Å². The molecule has 29 heavy (non-hydrogen) atoms. The first-order valence-corrected chi connectivity index (χ1v) is 10.1. The summed E-state index contributed by atoms with van der Waals surface area (Å²) in [5.74, 6) is 0.926. The molecule has 3 aromatic rings. The first-order chi connectivity index (χ1) is 14.3. The maximum Gasteiger partial charge on any atom is 0.318 e. The number of carbonyl (C=O) groups is 1. The third kappa shape index (κ3) is 3.40. The molecular weight excluding hydrogens is 364 g/mol. The van der Waals surface area contributed by atoms with Crippen molar-refractivity contribution < 1.29 is 9.53 Å². The molecule has 1 N–H and O–H groups in total. The predicted octanol–water partition coefficient (Wildman–Crippen LogP) is 3.27. The second-order valence-corrected chi connectivity index (χ2v) is 7.48. The lowest BCUT2D eigenvalue weighted by Crippen LogP contribution is -2.46. The van der Waals surface area contributed by atoms with Crippen LogP contribution < -0.4 is 5.32 Å². The van der Waals surface area contributed by atoms with Gasteiger partial charge >= 0.3 is 6.03 Å². The van der Waals surface area contributed by atoms with Gasteiger partial charge in [-0.25, -0.2) is 9.78 Å². The van der Waals surface area contributed by atoms with E-state index >= 15 is 0 Å². The van der Waals surface area contributed by atoms with E-state index < -0.39 is 0 Å². The van der Waals surface area contributed by atoms with Gasteiger partial charge in [-0.15, -0.1) is 0 Å². The Morgan fingerprint density at radius 1 is 1.10 bits per heavy atom. The molecule has 0 saturated carbocycles. The van der Waals surface area contributed by atoms with Crippen molar-refractivity contribution in [1.82, 2.24) is 19.8 Å². The van der Waals surface area contributed by atoms with E-state index in [1.165, 1.54) is 11.1 Å². The largest absolute Gasteiger partial charge is 0.372 e. The topological polar surface area (TPSA) is 59.4 Å². The van der Waals surface area contributed by atoms with E-state index in [9.17, 15) is 4.79 Å². The zero-order valence-electron chi connectivity index (χ0n) is 16.3. The molecule has 1 aromatic heterocycles. The minimum Gasteiger partial charge on any atom is -0.372 e. The predicted molar refractivity (Wildman–Crippen MR) is 109 cm³/mol. The molecule has 6 nitrogen and oxygen atoms in total. The fourth-order valence-electron chi connectivity index (χ4n) is 4.35. The third-order valence-corrected chi connectivity index (χ3v) is 5.79. The number of nitrogens with zero attached hydrogens (tertiary/aromatic N) is 3. The summed E-state index contributed by atoms with van der Waals surface area (Å²) in [5, 5.41) is 3.12. The van der Waals surface area contributed by atoms with E-state index in [2.05, 4.69) is 51.3 Å². The van der Waals surface area contributed by atoms with Gasteiger partial charge in [0.2, 0.25) is 0 Å². The molecule has 2 amide bonds. The molecule has 2 aliphatic heterocycles. The van der Waals surface area contributed by atoms with Gasteiger partial charge in [0.25, 0.3) is 0 Å². The van der Waals surface area contributed by atoms with Crippen molar-refractivity contribution in [3.8, 4) is 0 Å². The van der Waals surface area contributed by atoms with Crippen LogP contribution in [0.15, 0.2) is 60.8 Å². The van der Waals surface area contributed by atoms with Gasteiger partial charge in [-0.2, -0.15) is 0 Å². The standard InChI is InChI=1S/C23H24N4O2/c28-23(25-15-19-14-24-21-16-29-13-12-26(19)21)27-11-10-17-6-4-5-9-20(17)22(27)18-7-2-1-3-8-18/h1-9,14,22H,10-13,15-16H2,(H,25,28)/t22-/m0/s1. The number of carbonyl (C=O) groups excluding carboxylic acids is 1. The monoisotopic (exact) mass is 388 g/mol. The van der Waals surface area contributed by atoms with Gasteiger partial charge in [0.05, 0.1) is 31.1 Å². The molecule has 0 unspecified atom stereocenters. The number of nitrogens with one attached hydrogen (secondary N) is 1. The zero-order valence-corrected chi connectivity index (χ0v) is 16.3. The summed E-state index contributed by atoms with van der Waals surface area (Å²) in [5.41, 5.74) is 4.67. The van der Waals surface area contributed by atoms with Crippen LogP contribution in [0, 0.1) is 0 Å². The second kappa shape index (κ2) is 7.72. The van der Waals surface area contributed by atoms with Crippen molar-refractivity contribution in [3.63, 3.8) is 0 Å². The van der Waals surface area contributed by atoms with E-state index in [-0.39, 0.29) is 12.1 Å². The minimum absolute atomic E-state index is 0.0454. The second-order valence-electron chi connectivity index (χ2n) is 7.48. The Labute approximate surface area is 170 Å². The van der Waals surface area contributed by atoms with Crippen molar-refractivity contribution in [2.45, 2.75) is 32.2 Å². The smallest absolute Gasteiger partial charge is 0.318 e. The number of amides is 2. The molecule has 0 bridgehead atoms. The van der Waals surface area contributed by atoms with Crippen molar-refractivity contribution in [2.24, 2.45) is 0 Å². The van der Waals surface area contributed by atoms with Gasteiger partial charge < -0.3 is 19.5 Å². The number of fused-ring (bicyclic) bond motifs is 2. The molecular formula is C23H24N4O2. The summed E-state index contributed by atoms with van der Waals surface area (Å²) in [7, 11) is 0. The van der Waals surface area contributed by atoms with Crippen molar-refractivity contribution in [1.29, 1.82) is 0 Å². The van der Waals surface area contributed by atoms with Crippen molar-refractivity contribution in [3.05, 3.63) is 89.0 Å². The van der Waals surface area contributed by atoms with Crippen LogP contribution in [0.1, 0.15) is 34.3 Å². The number of imidazole rings is 1. The molecule has 0 saturated heterocycles. The van der Waals surface area contributed by atoms with Gasteiger partial charge in [-0.3, -0.25) is 0 Å². The van der Waals surface area contributed by atoms with Gasteiger partial charge in [0, 0.05) is 13.1 Å². The highest BCUT2D eigenvalue weighted by Gasteiger charge is 2.31. The Hall–Kier alpha value is -3.12. The van der Waals surface area contributed by atoms with Crippen LogP contribution in [0.5, 0.6) is 0 Å². The number of hydrogen-bond acceptors (Lipinski definition) is 3. The first-order valence-electron chi connectivity index (χ1n) is 10.1. The molecule has 3 heterocycles. The van der Waals surface area contributed by atoms with Gasteiger partial charge in [-0.1, -0.05) is 54.6 Å². The molecule has 0 aliphatic carbocycles. The Morgan fingerprint density at radius 2 is 1.93 bits per heavy atom. The van der Waals surface area contributed by atoms with E-state index in [4.69, 9.17) is 4.74 Å². The summed E-state index contributed by atoms with van der Waals surface area (Å²) in [6.07, 6.45) is 2.71. The Kier molecular flexibility index (Phi) is 4.77. The average Bonchev–Trinajstić information content (AvgIpc) is 3.20. The van der Waals surface area contributed by atoms with Gasteiger partial charge in [-0.05, 0) is 23.1 Å². The fraction of sp³-hybridized carbons (Fsp3) is 0.304. The third-order valence-electron chi connectivity index (χ3n) is 5.79. The highest BCUT2D eigenvalue weighted by atomic mass is 16.5. The van der Waals surface area contributed by atoms with E-state index in [0.717, 1.165) is 30.0 Å². The maximum absolute atomic E-state index is 13.2. The number of aromatic nitrogens is 2. The molecule has 0 radical (unpaired) electrons. The summed E-state index contributed by atoms with van der Waals surface area (Å²) >= 11 is 0. The summed E-state index contributed by atoms with van der Waals surface area (Å²) in [6.45, 7) is 3.16. The average molecular weight is 388 g/mol. The molecule has 0 fully saturated rings. The first kappa shape index (κ1) is 17.9. The van der Waals surface area contributed by atoms with Gasteiger partial charge in [0.15, 0.2) is 0 Å². The highest BCUT2D eigenvalue weighted by molar-refractivity contribution is 5.76. The van der Waals surface area contributed by atoms with Crippen molar-refractivity contribution >= 4 is 6.03 Å². The summed E-state index contributed by atoms with van der Waals surface area (Å²) in [4.78, 5) is 19.6. The minimum atomic E-state index is -0.0751. The van der Waals surface area contributed by atoms with E-state index in [1.54, 1.807) is 0 Å². The van der Waals surface area contributed by atoms with Crippen LogP contribution in [0.4, 0.5) is 4.79 Å². The maximum atomic E-state index is 13.2. The molecule has 148 valence electrons. The van der Waals surface area contributed by atoms with E-state index in [0.29, 0.717) is 26.3 Å². The number of rotatable bonds is 3. The lowest BCUT2D eigenvalue weighted by Gasteiger charge is -2.37. The highest BCUT2D eigenvalue weighted by Crippen LogP contribution is 2.35. The molecule has 0 spiro atoms. The summed E-state index contributed by atoms with van der Waals surface area (Å²) in [6, 6.07) is 18.6. The number of benzene rings is 2. The lowest BCUT2D eigenvalue weighted by molar-refractivity contribution is 0.0805. The molecule has 2 aliphatic rings. The van der Waals surface area contributed by atoms with Gasteiger partial charge in [0.1, 0.15) is 12.4 Å². The lowest BCUT2D eigenvalue weighted by atomic mass is 9.88. The van der Waals surface area contributed by atoms with Crippen LogP contribution in [0.2, 0.25) is 0 Å². The molecule has 1 atom stereocenters. The summed E-state index contributed by atoms with van der Waals surface area (Å²) < 4.78 is 7.59. The SMILES string of the molecule is O=C(NCc1cnc2n1CCOC2)N1CCc2ccccc2[C@@H]1c1ccccc1. The number of urea groups is 1. The molecule has 6 heteroatoms. The Morgan fingerprint density at radius 3 is 2.83 bits per heavy atom. The Balaban J connectivity index is 1.39. The van der Waals surface area contributed by atoms with Crippen molar-refractivity contribution in [2.75, 3.05) is 13.2 Å². The molecule has 5 rings (SSSR count). The van der Waals surface area contributed by atoms with Crippen LogP contribution >= 0.6 is 0 Å². The fourth-order valence-corrected chi connectivity index (χ4v) is 4.35. The Bertz CT molecular complexity index is 1010. The number of hydrogen-bond donors (Lipinski definition) is 1. The molecule has 2 aromatic carbocycles. The van der Waals surface area contributed by atoms with Crippen LogP contribution in [0.25, 0.3) is 0 Å². The van der Waals surface area contributed by atoms with Crippen LogP contribution in [-0.2, 0) is 30.9 Å². The zero-order chi connectivity index (χ0) is 19.6. The van der Waals surface area contributed by atoms with E-state index in [1.807, 2.05) is 29.3 Å².